The van der Waals surface area contributed by atoms with E-state index < -0.39 is 0 Å². The van der Waals surface area contributed by atoms with E-state index in [1.165, 1.54) is 0 Å². The van der Waals surface area contributed by atoms with Crippen LogP contribution in [0, 0.1) is 0 Å². The molecule has 0 amide bonds. The van der Waals surface area contributed by atoms with Gasteiger partial charge in [0, 0.05) is 0 Å². The van der Waals surface area contributed by atoms with Gasteiger partial charge in [0.25, 0.3) is 5.17 Å². The second-order valence-corrected chi connectivity index (χ2v) is 2.91. The van der Waals surface area contributed by atoms with Crippen molar-refractivity contribution in [1.82, 2.24) is 0 Å². The largest absolute Gasteiger partial charge is 0.466 e. The molecular formula is C10H11NOS. The highest BCUT2D eigenvalue weighted by Crippen LogP contribution is 2.10. The lowest BCUT2D eigenvalue weighted by molar-refractivity contribution is 0.296. The van der Waals surface area contributed by atoms with Crippen LogP contribution < -0.4 is 5.73 Å². The molecule has 0 atom stereocenters. The molecule has 1 aromatic rings. The molecule has 0 aromatic heterocycles. The summed E-state index contributed by atoms with van der Waals surface area (Å²) in [5, 5.41) is 0.0684. The molecule has 0 saturated carbocycles. The van der Waals surface area contributed by atoms with E-state index in [1.807, 2.05) is 24.3 Å². The molecule has 0 aliphatic carbocycles. The minimum absolute atomic E-state index is 0.0684. The van der Waals surface area contributed by atoms with Crippen LogP contribution in [0.15, 0.2) is 30.8 Å². The zero-order valence-corrected chi connectivity index (χ0v) is 8.01. The molecule has 13 heavy (non-hydrogen) atoms. The van der Waals surface area contributed by atoms with E-state index >= 15 is 0 Å². The molecule has 0 radical (unpaired) electrons. The van der Waals surface area contributed by atoms with Gasteiger partial charge in [0.1, 0.15) is 6.61 Å². The highest BCUT2D eigenvalue weighted by molar-refractivity contribution is 7.80. The summed E-state index contributed by atoms with van der Waals surface area (Å²) in [6.07, 6.45) is 1.78. The molecule has 2 nitrogen and oxygen atoms in total. The van der Waals surface area contributed by atoms with E-state index in [4.69, 9.17) is 10.5 Å². The first-order chi connectivity index (χ1) is 6.24. The Balaban J connectivity index is 2.75. The van der Waals surface area contributed by atoms with Gasteiger partial charge in [-0.25, -0.2) is 0 Å². The molecule has 0 bridgehead atoms. The van der Waals surface area contributed by atoms with Crippen LogP contribution in [-0.4, -0.2) is 5.17 Å². The quantitative estimate of drug-likeness (QED) is 0.746. The van der Waals surface area contributed by atoms with Crippen LogP contribution in [0.3, 0.4) is 0 Å². The van der Waals surface area contributed by atoms with E-state index in [-0.39, 0.29) is 5.17 Å². The number of rotatable bonds is 3. The van der Waals surface area contributed by atoms with Crippen molar-refractivity contribution in [3.63, 3.8) is 0 Å². The standard InChI is InChI=1S/C10H11NOS/c1-2-8-5-3-4-6-9(8)7-12-10(11)13/h2-6H,1,7H2,(H2,11,13). The van der Waals surface area contributed by atoms with Crippen LogP contribution in [0.4, 0.5) is 0 Å². The maximum Gasteiger partial charge on any atom is 0.254 e. The minimum atomic E-state index is 0.0684. The van der Waals surface area contributed by atoms with E-state index in [0.717, 1.165) is 11.1 Å². The Labute approximate surface area is 83.0 Å². The summed E-state index contributed by atoms with van der Waals surface area (Å²) in [6.45, 7) is 4.10. The normalized spacial score (nSPS) is 9.23. The van der Waals surface area contributed by atoms with Gasteiger partial charge in [0.15, 0.2) is 0 Å². The average molecular weight is 193 g/mol. The third kappa shape index (κ3) is 2.87. The lowest BCUT2D eigenvalue weighted by atomic mass is 10.1. The number of thiocarbonyl (C=S) groups is 1. The predicted octanol–water partition coefficient (Wildman–Crippen LogP) is 2.09. The van der Waals surface area contributed by atoms with Gasteiger partial charge < -0.3 is 10.5 Å². The highest BCUT2D eigenvalue weighted by Gasteiger charge is 1.98. The molecule has 68 valence electrons. The molecule has 0 aliphatic rings. The lowest BCUT2D eigenvalue weighted by Crippen LogP contribution is -2.12. The summed E-state index contributed by atoms with van der Waals surface area (Å²) in [5.74, 6) is 0. The van der Waals surface area contributed by atoms with Crippen molar-refractivity contribution in [3.05, 3.63) is 42.0 Å². The van der Waals surface area contributed by atoms with Gasteiger partial charge in [-0.2, -0.15) is 0 Å². The van der Waals surface area contributed by atoms with Crippen LogP contribution in [0.25, 0.3) is 6.08 Å². The molecule has 1 rings (SSSR count). The molecule has 3 heteroatoms. The molecule has 2 N–H and O–H groups in total. The SMILES string of the molecule is C=Cc1ccccc1COC(N)=S. The second kappa shape index (κ2) is 4.62. The summed E-state index contributed by atoms with van der Waals surface area (Å²) in [5.41, 5.74) is 7.29. The topological polar surface area (TPSA) is 35.2 Å². The smallest absolute Gasteiger partial charge is 0.254 e. The van der Waals surface area contributed by atoms with E-state index in [2.05, 4.69) is 18.8 Å². The predicted molar refractivity (Wildman–Crippen MR) is 58.1 cm³/mol. The zero-order chi connectivity index (χ0) is 9.68. The van der Waals surface area contributed by atoms with E-state index in [1.54, 1.807) is 6.08 Å². The third-order valence-corrected chi connectivity index (χ3v) is 1.76. The summed E-state index contributed by atoms with van der Waals surface area (Å²) in [7, 11) is 0. The first-order valence-electron chi connectivity index (χ1n) is 3.86. The molecule has 0 aliphatic heterocycles. The van der Waals surface area contributed by atoms with Gasteiger partial charge in [0.2, 0.25) is 0 Å². The maximum absolute atomic E-state index is 5.22. The fourth-order valence-electron chi connectivity index (χ4n) is 1.01. The molecule has 0 fully saturated rings. The average Bonchev–Trinajstić information content (AvgIpc) is 2.15. The monoisotopic (exact) mass is 193 g/mol. The third-order valence-electron chi connectivity index (χ3n) is 1.64. The Bertz CT molecular complexity index is 322. The van der Waals surface area contributed by atoms with Crippen LogP contribution in [-0.2, 0) is 11.3 Å². The zero-order valence-electron chi connectivity index (χ0n) is 7.19. The summed E-state index contributed by atoms with van der Waals surface area (Å²) in [6, 6.07) is 7.80. The van der Waals surface area contributed by atoms with Crippen LogP contribution in [0.1, 0.15) is 11.1 Å². The number of hydrogen-bond donors (Lipinski definition) is 1. The van der Waals surface area contributed by atoms with Gasteiger partial charge in [-0.15, -0.1) is 0 Å². The van der Waals surface area contributed by atoms with Crippen molar-refractivity contribution in [2.75, 3.05) is 0 Å². The van der Waals surface area contributed by atoms with Crippen molar-refractivity contribution < 1.29 is 4.74 Å². The molecule has 1 aromatic carbocycles. The lowest BCUT2D eigenvalue weighted by Gasteiger charge is -2.06. The second-order valence-electron chi connectivity index (χ2n) is 2.51. The first-order valence-corrected chi connectivity index (χ1v) is 4.27. The maximum atomic E-state index is 5.22. The van der Waals surface area contributed by atoms with Crippen molar-refractivity contribution in [2.45, 2.75) is 6.61 Å². The minimum Gasteiger partial charge on any atom is -0.466 e. The number of ether oxygens (including phenoxy) is 1. The molecule has 0 spiro atoms. The van der Waals surface area contributed by atoms with Crippen molar-refractivity contribution >= 4 is 23.5 Å². The van der Waals surface area contributed by atoms with E-state index in [0.29, 0.717) is 6.61 Å². The molecule has 0 heterocycles. The van der Waals surface area contributed by atoms with Crippen LogP contribution >= 0.6 is 12.2 Å². The highest BCUT2D eigenvalue weighted by atomic mass is 32.1. The summed E-state index contributed by atoms with van der Waals surface area (Å²) < 4.78 is 5.03. The van der Waals surface area contributed by atoms with Gasteiger partial charge in [-0.05, 0) is 23.3 Å². The summed E-state index contributed by atoms with van der Waals surface area (Å²) in [4.78, 5) is 0. The summed E-state index contributed by atoms with van der Waals surface area (Å²) >= 11 is 4.60. The Morgan fingerprint density at radius 2 is 2.23 bits per heavy atom. The van der Waals surface area contributed by atoms with Crippen LogP contribution in [0.2, 0.25) is 0 Å². The Kier molecular flexibility index (Phi) is 3.46. The Morgan fingerprint density at radius 1 is 1.54 bits per heavy atom. The van der Waals surface area contributed by atoms with Crippen molar-refractivity contribution in [2.24, 2.45) is 5.73 Å². The number of hydrogen-bond acceptors (Lipinski definition) is 2. The molecular weight excluding hydrogens is 182 g/mol. The number of benzene rings is 1. The molecule has 0 unspecified atom stereocenters. The van der Waals surface area contributed by atoms with Crippen LogP contribution in [0.5, 0.6) is 0 Å². The first kappa shape index (κ1) is 9.74. The Morgan fingerprint density at radius 3 is 2.85 bits per heavy atom. The van der Waals surface area contributed by atoms with Crippen molar-refractivity contribution in [1.29, 1.82) is 0 Å². The van der Waals surface area contributed by atoms with Crippen molar-refractivity contribution in [3.8, 4) is 0 Å². The van der Waals surface area contributed by atoms with E-state index in [9.17, 15) is 0 Å². The van der Waals surface area contributed by atoms with Gasteiger partial charge in [-0.1, -0.05) is 36.9 Å². The molecule has 0 saturated heterocycles. The fraction of sp³-hybridized carbons (Fsp3) is 0.100. The van der Waals surface area contributed by atoms with Gasteiger partial charge >= 0.3 is 0 Å². The van der Waals surface area contributed by atoms with Gasteiger partial charge in [-0.3, -0.25) is 0 Å². The number of nitrogens with two attached hydrogens (primary N) is 1. The Hall–Kier alpha value is -1.35. The van der Waals surface area contributed by atoms with Gasteiger partial charge in [0.05, 0.1) is 0 Å². The fourth-order valence-corrected chi connectivity index (χ4v) is 1.07.